The van der Waals surface area contributed by atoms with E-state index in [4.69, 9.17) is 0 Å². The highest BCUT2D eigenvalue weighted by atomic mass is 16.2. The molecule has 0 unspecified atom stereocenters. The van der Waals surface area contributed by atoms with Gasteiger partial charge in [-0.15, -0.1) is 0 Å². The van der Waals surface area contributed by atoms with E-state index < -0.39 is 11.8 Å². The van der Waals surface area contributed by atoms with Gasteiger partial charge in [-0.25, -0.2) is 0 Å². The summed E-state index contributed by atoms with van der Waals surface area (Å²) in [7, 11) is 0. The van der Waals surface area contributed by atoms with Crippen LogP contribution in [0.5, 0.6) is 0 Å². The molecule has 0 aliphatic rings. The van der Waals surface area contributed by atoms with E-state index in [9.17, 15) is 14.4 Å². The Morgan fingerprint density at radius 2 is 1.52 bits per heavy atom. The van der Waals surface area contributed by atoms with Crippen molar-refractivity contribution in [2.45, 2.75) is 20.8 Å². The molecule has 0 aliphatic carbocycles. The second-order valence-corrected chi connectivity index (χ2v) is 5.29. The van der Waals surface area contributed by atoms with Crippen molar-refractivity contribution in [3.05, 3.63) is 59.2 Å². The van der Waals surface area contributed by atoms with Crippen LogP contribution in [0.3, 0.4) is 0 Å². The minimum Gasteiger partial charge on any atom is -0.318 e. The summed E-state index contributed by atoms with van der Waals surface area (Å²) in [5.41, 5.74) is 3.41. The topological polar surface area (TPSA) is 75.3 Å². The molecule has 0 atom stereocenters. The van der Waals surface area contributed by atoms with Crippen molar-refractivity contribution in [3.8, 4) is 0 Å². The van der Waals surface area contributed by atoms with Gasteiger partial charge >= 0.3 is 11.8 Å². The predicted molar refractivity (Wildman–Crippen MR) is 89.6 cm³/mol. The number of amides is 2. The van der Waals surface area contributed by atoms with Crippen molar-refractivity contribution >= 4 is 29.0 Å². The molecule has 2 rings (SSSR count). The maximum Gasteiger partial charge on any atom is 0.314 e. The lowest BCUT2D eigenvalue weighted by Gasteiger charge is -2.10. The zero-order valence-electron chi connectivity index (χ0n) is 13.3. The van der Waals surface area contributed by atoms with Crippen molar-refractivity contribution < 1.29 is 14.4 Å². The number of ketones is 1. The zero-order valence-corrected chi connectivity index (χ0v) is 13.3. The summed E-state index contributed by atoms with van der Waals surface area (Å²) in [6, 6.07) is 11.9. The van der Waals surface area contributed by atoms with Crippen LogP contribution < -0.4 is 10.6 Å². The minimum absolute atomic E-state index is 0.110. The molecule has 0 radical (unpaired) electrons. The van der Waals surface area contributed by atoms with Gasteiger partial charge in [-0.2, -0.15) is 0 Å². The van der Waals surface area contributed by atoms with E-state index >= 15 is 0 Å². The lowest BCUT2D eigenvalue weighted by Crippen LogP contribution is -2.29. The van der Waals surface area contributed by atoms with E-state index in [1.54, 1.807) is 24.3 Å². The minimum atomic E-state index is -0.786. The molecule has 0 saturated heterocycles. The number of aryl methyl sites for hydroxylation is 1. The smallest absolute Gasteiger partial charge is 0.314 e. The fourth-order valence-electron chi connectivity index (χ4n) is 2.07. The third-order valence-corrected chi connectivity index (χ3v) is 3.59. The SMILES string of the molecule is CC(=O)c1cccc(NC(=O)C(=O)Nc2cccc(C)c2C)c1. The molecule has 23 heavy (non-hydrogen) atoms. The van der Waals surface area contributed by atoms with Crippen molar-refractivity contribution in [2.24, 2.45) is 0 Å². The first-order valence-electron chi connectivity index (χ1n) is 7.18. The summed E-state index contributed by atoms with van der Waals surface area (Å²) >= 11 is 0. The van der Waals surface area contributed by atoms with Crippen molar-refractivity contribution in [1.82, 2.24) is 0 Å². The van der Waals surface area contributed by atoms with E-state index in [2.05, 4.69) is 10.6 Å². The first-order valence-corrected chi connectivity index (χ1v) is 7.18. The van der Waals surface area contributed by atoms with E-state index in [-0.39, 0.29) is 5.78 Å². The van der Waals surface area contributed by atoms with Crippen LogP contribution >= 0.6 is 0 Å². The monoisotopic (exact) mass is 310 g/mol. The van der Waals surface area contributed by atoms with Crippen LogP contribution in [0.15, 0.2) is 42.5 Å². The van der Waals surface area contributed by atoms with E-state index in [1.807, 2.05) is 26.0 Å². The Labute approximate surface area is 134 Å². The average molecular weight is 310 g/mol. The highest BCUT2D eigenvalue weighted by Gasteiger charge is 2.15. The van der Waals surface area contributed by atoms with Gasteiger partial charge in [-0.05, 0) is 50.1 Å². The van der Waals surface area contributed by atoms with Crippen LogP contribution in [0.4, 0.5) is 11.4 Å². The Morgan fingerprint density at radius 1 is 0.870 bits per heavy atom. The molecule has 0 fully saturated rings. The zero-order chi connectivity index (χ0) is 17.0. The van der Waals surface area contributed by atoms with Crippen molar-refractivity contribution in [3.63, 3.8) is 0 Å². The highest BCUT2D eigenvalue weighted by Crippen LogP contribution is 2.18. The standard InChI is InChI=1S/C18H18N2O3/c1-11-6-4-9-16(12(11)2)20-18(23)17(22)19-15-8-5-7-14(10-15)13(3)21/h4-10H,1-3H3,(H,19,22)(H,20,23). The summed E-state index contributed by atoms with van der Waals surface area (Å²) in [4.78, 5) is 35.3. The van der Waals surface area contributed by atoms with Crippen LogP contribution in [-0.4, -0.2) is 17.6 Å². The quantitative estimate of drug-likeness (QED) is 0.675. The largest absolute Gasteiger partial charge is 0.318 e. The van der Waals surface area contributed by atoms with Crippen LogP contribution in [0, 0.1) is 13.8 Å². The van der Waals surface area contributed by atoms with Gasteiger partial charge in [0.1, 0.15) is 0 Å². The van der Waals surface area contributed by atoms with Crippen LogP contribution in [0.2, 0.25) is 0 Å². The first-order chi connectivity index (χ1) is 10.9. The van der Waals surface area contributed by atoms with E-state index in [0.717, 1.165) is 11.1 Å². The van der Waals surface area contributed by atoms with Gasteiger partial charge < -0.3 is 10.6 Å². The Bertz CT molecular complexity index is 782. The summed E-state index contributed by atoms with van der Waals surface area (Å²) in [6.07, 6.45) is 0. The third kappa shape index (κ3) is 4.03. The molecule has 0 aliphatic heterocycles. The van der Waals surface area contributed by atoms with Gasteiger partial charge in [-0.3, -0.25) is 14.4 Å². The number of hydrogen-bond acceptors (Lipinski definition) is 3. The second-order valence-electron chi connectivity index (χ2n) is 5.29. The second kappa shape index (κ2) is 6.87. The summed E-state index contributed by atoms with van der Waals surface area (Å²) < 4.78 is 0. The summed E-state index contributed by atoms with van der Waals surface area (Å²) in [5.74, 6) is -1.65. The molecular weight excluding hydrogens is 292 g/mol. The van der Waals surface area contributed by atoms with Crippen LogP contribution in [-0.2, 0) is 9.59 Å². The maximum atomic E-state index is 12.0. The van der Waals surface area contributed by atoms with Gasteiger partial charge in [0.15, 0.2) is 5.78 Å². The molecule has 118 valence electrons. The van der Waals surface area contributed by atoms with Crippen LogP contribution in [0.25, 0.3) is 0 Å². The molecule has 2 aromatic rings. The fourth-order valence-corrected chi connectivity index (χ4v) is 2.07. The first kappa shape index (κ1) is 16.4. The number of carbonyl (C=O) groups is 3. The van der Waals surface area contributed by atoms with Gasteiger partial charge in [0.05, 0.1) is 0 Å². The molecule has 5 nitrogen and oxygen atoms in total. The molecule has 0 spiro atoms. The summed E-state index contributed by atoms with van der Waals surface area (Å²) in [6.45, 7) is 5.24. The number of hydrogen-bond donors (Lipinski definition) is 2. The number of benzene rings is 2. The molecule has 2 amide bonds. The number of carbonyl (C=O) groups excluding carboxylic acids is 3. The summed E-state index contributed by atoms with van der Waals surface area (Å²) in [5, 5.41) is 5.08. The van der Waals surface area contributed by atoms with Crippen molar-refractivity contribution in [1.29, 1.82) is 0 Å². The van der Waals surface area contributed by atoms with Crippen LogP contribution in [0.1, 0.15) is 28.4 Å². The van der Waals surface area contributed by atoms with Gasteiger partial charge in [0.2, 0.25) is 0 Å². The number of rotatable bonds is 3. The van der Waals surface area contributed by atoms with Gasteiger partial charge in [-0.1, -0.05) is 24.3 Å². The average Bonchev–Trinajstić information content (AvgIpc) is 2.52. The lowest BCUT2D eigenvalue weighted by molar-refractivity contribution is -0.133. The molecule has 0 saturated carbocycles. The molecule has 2 N–H and O–H groups in total. The maximum absolute atomic E-state index is 12.0. The third-order valence-electron chi connectivity index (χ3n) is 3.59. The highest BCUT2D eigenvalue weighted by molar-refractivity contribution is 6.43. The molecule has 2 aromatic carbocycles. The Morgan fingerprint density at radius 3 is 2.22 bits per heavy atom. The molecular formula is C18H18N2O3. The molecule has 0 bridgehead atoms. The molecule has 0 heterocycles. The Kier molecular flexibility index (Phi) is 4.91. The van der Waals surface area contributed by atoms with Crippen molar-refractivity contribution in [2.75, 3.05) is 10.6 Å². The Balaban J connectivity index is 2.08. The normalized spacial score (nSPS) is 10.0. The van der Waals surface area contributed by atoms with E-state index in [0.29, 0.717) is 16.9 Å². The molecule has 5 heteroatoms. The number of Topliss-reactive ketones (excluding diaryl/α,β-unsaturated/α-hetero) is 1. The fraction of sp³-hybridized carbons (Fsp3) is 0.167. The van der Waals surface area contributed by atoms with Gasteiger partial charge in [0, 0.05) is 16.9 Å². The molecule has 0 aromatic heterocycles. The predicted octanol–water partition coefficient (Wildman–Crippen LogP) is 3.08. The Hall–Kier alpha value is -2.95. The lowest BCUT2D eigenvalue weighted by atomic mass is 10.1. The number of nitrogens with one attached hydrogen (secondary N) is 2. The number of anilines is 2. The van der Waals surface area contributed by atoms with Gasteiger partial charge in [0.25, 0.3) is 0 Å². The van der Waals surface area contributed by atoms with E-state index in [1.165, 1.54) is 13.0 Å².